The van der Waals surface area contributed by atoms with E-state index < -0.39 is 0 Å². The van der Waals surface area contributed by atoms with Gasteiger partial charge in [0.15, 0.2) is 0 Å². The summed E-state index contributed by atoms with van der Waals surface area (Å²) in [6, 6.07) is 14.3. The second-order valence-corrected chi connectivity index (χ2v) is 6.26. The Balaban J connectivity index is 1.86. The second kappa shape index (κ2) is 10.9. The Morgan fingerprint density at radius 1 is 1.00 bits per heavy atom. The number of nitrogens with zero attached hydrogens (tertiary/aromatic N) is 1. The molecule has 7 heteroatoms. The maximum Gasteiger partial charge on any atom is 0.253 e. The van der Waals surface area contributed by atoms with E-state index in [2.05, 4.69) is 10.6 Å². The first-order valence-electron chi connectivity index (χ1n) is 9.15. The zero-order chi connectivity index (χ0) is 20.4. The van der Waals surface area contributed by atoms with Gasteiger partial charge in [0.05, 0.1) is 13.2 Å². The monoisotopic (exact) mass is 385 g/mol. The van der Waals surface area contributed by atoms with Crippen LogP contribution in [0, 0.1) is 0 Å². The summed E-state index contributed by atoms with van der Waals surface area (Å²) in [5.74, 6) is 0.380. The molecule has 7 nitrogen and oxygen atoms in total. The summed E-state index contributed by atoms with van der Waals surface area (Å²) < 4.78 is 10.8. The van der Waals surface area contributed by atoms with Crippen molar-refractivity contribution in [2.45, 2.75) is 6.92 Å². The Kier molecular flexibility index (Phi) is 8.30. The molecule has 2 aromatic carbocycles. The minimum Gasteiger partial charge on any atom is -0.491 e. The number of nitrogens with one attached hydrogen (secondary N) is 2. The van der Waals surface area contributed by atoms with E-state index in [1.165, 1.54) is 4.90 Å². The molecule has 2 aromatic rings. The number of benzene rings is 2. The van der Waals surface area contributed by atoms with E-state index in [0.717, 1.165) is 0 Å². The molecule has 2 rings (SSSR count). The Morgan fingerprint density at radius 3 is 2.50 bits per heavy atom. The topological polar surface area (TPSA) is 79.9 Å². The molecule has 0 saturated carbocycles. The molecule has 0 radical (unpaired) electrons. The summed E-state index contributed by atoms with van der Waals surface area (Å²) in [5, 5.41) is 5.85. The smallest absolute Gasteiger partial charge is 0.253 e. The summed E-state index contributed by atoms with van der Waals surface area (Å²) in [7, 11) is 3.40. The van der Waals surface area contributed by atoms with E-state index in [-0.39, 0.29) is 18.4 Å². The van der Waals surface area contributed by atoms with Gasteiger partial charge in [-0.05, 0) is 37.3 Å². The lowest BCUT2D eigenvalue weighted by Gasteiger charge is -2.12. The Morgan fingerprint density at radius 2 is 1.75 bits per heavy atom. The maximum absolute atomic E-state index is 12.2. The average Bonchev–Trinajstić information content (AvgIpc) is 2.69. The number of hydrogen-bond donors (Lipinski definition) is 2. The number of amides is 2. The minimum atomic E-state index is -0.198. The lowest BCUT2D eigenvalue weighted by molar-refractivity contribution is -0.114. The highest BCUT2D eigenvalue weighted by molar-refractivity contribution is 5.96. The van der Waals surface area contributed by atoms with Crippen LogP contribution in [0.1, 0.15) is 17.3 Å². The Bertz CT molecular complexity index is 793. The largest absolute Gasteiger partial charge is 0.491 e. The summed E-state index contributed by atoms with van der Waals surface area (Å²) in [4.78, 5) is 25.7. The van der Waals surface area contributed by atoms with Crippen LogP contribution in [0.3, 0.4) is 0 Å². The van der Waals surface area contributed by atoms with Crippen LogP contribution in [0.5, 0.6) is 5.75 Å². The van der Waals surface area contributed by atoms with Crippen molar-refractivity contribution in [1.29, 1.82) is 0 Å². The van der Waals surface area contributed by atoms with Crippen LogP contribution in [0.25, 0.3) is 0 Å². The van der Waals surface area contributed by atoms with Crippen molar-refractivity contribution in [2.75, 3.05) is 51.1 Å². The van der Waals surface area contributed by atoms with E-state index in [1.54, 1.807) is 44.4 Å². The molecule has 0 aromatic heterocycles. The fraction of sp³-hybridized carbons (Fsp3) is 0.333. The molecular formula is C21H27N3O4. The van der Waals surface area contributed by atoms with Gasteiger partial charge >= 0.3 is 0 Å². The summed E-state index contributed by atoms with van der Waals surface area (Å²) in [5.41, 5.74) is 1.92. The number of carbonyl (C=O) groups excluding carboxylic acids is 2. The molecule has 0 aliphatic heterocycles. The van der Waals surface area contributed by atoms with E-state index in [4.69, 9.17) is 9.47 Å². The van der Waals surface area contributed by atoms with Crippen LogP contribution < -0.4 is 15.4 Å². The molecule has 0 aliphatic rings. The quantitative estimate of drug-likeness (QED) is 0.615. The molecule has 0 bridgehead atoms. The molecular weight excluding hydrogens is 358 g/mol. The highest BCUT2D eigenvalue weighted by Crippen LogP contribution is 2.17. The van der Waals surface area contributed by atoms with Crippen LogP contribution in [0.15, 0.2) is 48.5 Å². The van der Waals surface area contributed by atoms with Gasteiger partial charge in [0.25, 0.3) is 5.91 Å². The second-order valence-electron chi connectivity index (χ2n) is 6.26. The van der Waals surface area contributed by atoms with E-state index in [0.29, 0.717) is 42.5 Å². The third-order valence-electron chi connectivity index (χ3n) is 3.79. The van der Waals surface area contributed by atoms with Gasteiger partial charge < -0.3 is 25.0 Å². The Hall–Kier alpha value is -3.06. The lowest BCUT2D eigenvalue weighted by atomic mass is 10.2. The predicted octanol–water partition coefficient (Wildman–Crippen LogP) is 2.85. The first-order valence-corrected chi connectivity index (χ1v) is 9.15. The third-order valence-corrected chi connectivity index (χ3v) is 3.79. The molecule has 150 valence electrons. The van der Waals surface area contributed by atoms with Gasteiger partial charge in [-0.1, -0.05) is 12.1 Å². The van der Waals surface area contributed by atoms with Gasteiger partial charge in [0.1, 0.15) is 12.4 Å². The van der Waals surface area contributed by atoms with Crippen molar-refractivity contribution in [3.8, 4) is 5.75 Å². The van der Waals surface area contributed by atoms with E-state index >= 15 is 0 Å². The molecule has 0 unspecified atom stereocenters. The van der Waals surface area contributed by atoms with Crippen molar-refractivity contribution in [3.05, 3.63) is 54.1 Å². The zero-order valence-corrected chi connectivity index (χ0v) is 16.5. The summed E-state index contributed by atoms with van der Waals surface area (Å²) >= 11 is 0. The van der Waals surface area contributed by atoms with E-state index in [1.807, 2.05) is 25.1 Å². The lowest BCUT2D eigenvalue weighted by Crippen LogP contribution is -2.23. The normalized spacial score (nSPS) is 10.2. The fourth-order valence-corrected chi connectivity index (χ4v) is 2.43. The molecule has 2 N–H and O–H groups in total. The van der Waals surface area contributed by atoms with Gasteiger partial charge in [-0.25, -0.2) is 0 Å². The molecule has 0 saturated heterocycles. The molecule has 0 spiro atoms. The van der Waals surface area contributed by atoms with Crippen LogP contribution in [-0.2, 0) is 9.53 Å². The number of anilines is 2. The summed E-state index contributed by atoms with van der Waals surface area (Å²) in [6.07, 6.45) is 0. The van der Waals surface area contributed by atoms with Crippen molar-refractivity contribution >= 4 is 23.2 Å². The number of carbonyl (C=O) groups is 2. The average molecular weight is 385 g/mol. The Labute approximate surface area is 165 Å². The first kappa shape index (κ1) is 21.2. The molecule has 0 fully saturated rings. The van der Waals surface area contributed by atoms with Crippen LogP contribution in [0.4, 0.5) is 11.4 Å². The van der Waals surface area contributed by atoms with Gasteiger partial charge in [-0.2, -0.15) is 0 Å². The standard InChI is InChI=1S/C21H27N3O4/c1-4-27-11-12-28-19-10-6-9-18(14-19)23-20(25)15-22-17-8-5-7-16(13-17)21(26)24(2)3/h5-10,13-14,22H,4,11-12,15H2,1-3H3,(H,23,25). The zero-order valence-electron chi connectivity index (χ0n) is 16.5. The van der Waals surface area contributed by atoms with Gasteiger partial charge in [0, 0.05) is 43.7 Å². The molecule has 2 amide bonds. The van der Waals surface area contributed by atoms with Gasteiger partial charge in [0.2, 0.25) is 5.91 Å². The predicted molar refractivity (Wildman–Crippen MR) is 110 cm³/mol. The molecule has 0 atom stereocenters. The van der Waals surface area contributed by atoms with Crippen LogP contribution in [0.2, 0.25) is 0 Å². The van der Waals surface area contributed by atoms with Crippen molar-refractivity contribution < 1.29 is 19.1 Å². The highest BCUT2D eigenvalue weighted by Gasteiger charge is 2.09. The molecule has 0 aliphatic carbocycles. The van der Waals surface area contributed by atoms with Gasteiger partial charge in [-0.15, -0.1) is 0 Å². The fourth-order valence-electron chi connectivity index (χ4n) is 2.43. The third kappa shape index (κ3) is 6.92. The van der Waals surface area contributed by atoms with Crippen molar-refractivity contribution in [2.24, 2.45) is 0 Å². The van der Waals surface area contributed by atoms with E-state index in [9.17, 15) is 9.59 Å². The summed E-state index contributed by atoms with van der Waals surface area (Å²) in [6.45, 7) is 3.63. The van der Waals surface area contributed by atoms with Crippen LogP contribution in [-0.4, -0.2) is 57.2 Å². The number of hydrogen-bond acceptors (Lipinski definition) is 5. The first-order chi connectivity index (χ1) is 13.5. The highest BCUT2D eigenvalue weighted by atomic mass is 16.5. The van der Waals surface area contributed by atoms with Gasteiger partial charge in [-0.3, -0.25) is 9.59 Å². The minimum absolute atomic E-state index is 0.0784. The number of ether oxygens (including phenoxy) is 2. The van der Waals surface area contributed by atoms with Crippen LogP contribution >= 0.6 is 0 Å². The molecule has 0 heterocycles. The van der Waals surface area contributed by atoms with Crippen molar-refractivity contribution in [1.82, 2.24) is 4.90 Å². The molecule has 28 heavy (non-hydrogen) atoms. The maximum atomic E-state index is 12.2. The van der Waals surface area contributed by atoms with Crippen molar-refractivity contribution in [3.63, 3.8) is 0 Å². The SMILES string of the molecule is CCOCCOc1cccc(NC(=O)CNc2cccc(C(=O)N(C)C)c2)c1. The number of rotatable bonds is 10.